The first-order valence-electron chi connectivity index (χ1n) is 7.98. The number of amides is 1. The zero-order valence-electron chi connectivity index (χ0n) is 14.4. The lowest BCUT2D eigenvalue weighted by Crippen LogP contribution is -2.27. The van der Waals surface area contributed by atoms with E-state index in [1.54, 1.807) is 37.3 Å². The number of para-hydroxylation sites is 2. The van der Waals surface area contributed by atoms with Crippen LogP contribution >= 0.6 is 23.2 Å². The van der Waals surface area contributed by atoms with Crippen molar-refractivity contribution in [3.05, 3.63) is 63.9 Å². The van der Waals surface area contributed by atoms with Crippen molar-refractivity contribution in [1.82, 2.24) is 15.0 Å². The van der Waals surface area contributed by atoms with E-state index in [1.807, 2.05) is 0 Å². The summed E-state index contributed by atoms with van der Waals surface area (Å²) in [6.45, 7) is 1.03. The van der Waals surface area contributed by atoms with Crippen molar-refractivity contribution >= 4 is 45.9 Å². The molecule has 0 atom stereocenters. The van der Waals surface area contributed by atoms with Gasteiger partial charge in [0.05, 0.1) is 26.8 Å². The fraction of sp³-hybridized carbons (Fsp3) is 0.167. The number of imidazole rings is 1. The summed E-state index contributed by atoms with van der Waals surface area (Å²) in [5.41, 5.74) is 3.63. The average molecular weight is 429 g/mol. The van der Waals surface area contributed by atoms with Gasteiger partial charge in [0.1, 0.15) is 6.54 Å². The molecule has 0 saturated carbocycles. The summed E-state index contributed by atoms with van der Waals surface area (Å²) >= 11 is 11.8. The summed E-state index contributed by atoms with van der Waals surface area (Å²) in [4.78, 5) is 15.8. The van der Waals surface area contributed by atoms with Crippen LogP contribution in [0.3, 0.4) is 0 Å². The van der Waals surface area contributed by atoms with Gasteiger partial charge in [-0.1, -0.05) is 41.4 Å². The number of aromatic nitrogens is 2. The maximum Gasteiger partial charge on any atom is 0.449 e. The van der Waals surface area contributed by atoms with Gasteiger partial charge in [-0.3, -0.25) is 4.79 Å². The van der Waals surface area contributed by atoms with Crippen molar-refractivity contribution in [2.75, 3.05) is 0 Å². The largest absolute Gasteiger partial charge is 0.449 e. The number of hydrogen-bond donors (Lipinski definition) is 1. The molecule has 146 valence electrons. The van der Waals surface area contributed by atoms with Crippen molar-refractivity contribution in [3.63, 3.8) is 0 Å². The Morgan fingerprint density at radius 1 is 1.18 bits per heavy atom. The van der Waals surface area contributed by atoms with Gasteiger partial charge in [0.15, 0.2) is 0 Å². The smallest absolute Gasteiger partial charge is 0.311 e. The second-order valence-corrected chi connectivity index (χ2v) is 6.68. The SMILES string of the molecule is C/C(=N\NC(=O)Cn1c(C(F)(F)F)nc2ccccc21)c1ccc(Cl)c(Cl)c1. The minimum Gasteiger partial charge on any atom is -0.311 e. The average Bonchev–Trinajstić information content (AvgIpc) is 3.01. The molecule has 1 aromatic heterocycles. The van der Waals surface area contributed by atoms with E-state index in [0.29, 0.717) is 21.3 Å². The van der Waals surface area contributed by atoms with Gasteiger partial charge < -0.3 is 4.57 Å². The number of alkyl halides is 3. The Hall–Kier alpha value is -2.58. The first-order chi connectivity index (χ1) is 13.2. The van der Waals surface area contributed by atoms with E-state index < -0.39 is 24.5 Å². The molecule has 0 aliphatic carbocycles. The van der Waals surface area contributed by atoms with Crippen LogP contribution < -0.4 is 5.43 Å². The molecule has 0 aliphatic heterocycles. The topological polar surface area (TPSA) is 59.3 Å². The standard InChI is InChI=1S/C18H13Cl2F3N4O/c1-10(11-6-7-12(19)13(20)8-11)25-26-16(28)9-27-15-5-3-2-4-14(15)24-17(27)18(21,22)23/h2-8H,9H2,1H3,(H,26,28)/b25-10+. The van der Waals surface area contributed by atoms with E-state index in [0.717, 1.165) is 4.57 Å². The third-order valence-electron chi connectivity index (χ3n) is 3.90. The first kappa shape index (κ1) is 20.2. The molecule has 1 amide bonds. The van der Waals surface area contributed by atoms with Crippen LogP contribution in [0.4, 0.5) is 13.2 Å². The highest BCUT2D eigenvalue weighted by Crippen LogP contribution is 2.31. The van der Waals surface area contributed by atoms with Crippen LogP contribution in [0.2, 0.25) is 10.0 Å². The number of hydrogen-bond acceptors (Lipinski definition) is 3. The van der Waals surface area contributed by atoms with Gasteiger partial charge in [-0.15, -0.1) is 0 Å². The molecule has 0 spiro atoms. The van der Waals surface area contributed by atoms with E-state index in [-0.39, 0.29) is 11.0 Å². The lowest BCUT2D eigenvalue weighted by Gasteiger charge is -2.10. The quantitative estimate of drug-likeness (QED) is 0.474. The van der Waals surface area contributed by atoms with Gasteiger partial charge in [-0.25, -0.2) is 10.4 Å². The number of carbonyl (C=O) groups is 1. The van der Waals surface area contributed by atoms with E-state index in [2.05, 4.69) is 15.5 Å². The van der Waals surface area contributed by atoms with Crippen LogP contribution in [-0.4, -0.2) is 21.2 Å². The van der Waals surface area contributed by atoms with Crippen molar-refractivity contribution in [2.24, 2.45) is 5.10 Å². The number of rotatable bonds is 4. The molecule has 5 nitrogen and oxygen atoms in total. The van der Waals surface area contributed by atoms with Crippen LogP contribution in [0.25, 0.3) is 11.0 Å². The zero-order valence-corrected chi connectivity index (χ0v) is 15.9. The highest BCUT2D eigenvalue weighted by molar-refractivity contribution is 6.42. The van der Waals surface area contributed by atoms with Gasteiger partial charge in [0, 0.05) is 0 Å². The molecule has 10 heteroatoms. The summed E-state index contributed by atoms with van der Waals surface area (Å²) < 4.78 is 40.6. The first-order valence-corrected chi connectivity index (χ1v) is 8.73. The zero-order chi connectivity index (χ0) is 20.5. The van der Waals surface area contributed by atoms with Gasteiger partial charge in [-0.05, 0) is 36.8 Å². The lowest BCUT2D eigenvalue weighted by atomic mass is 10.1. The Bertz CT molecular complexity index is 1080. The van der Waals surface area contributed by atoms with Crippen LogP contribution in [0.15, 0.2) is 47.6 Å². The molecule has 0 unspecified atom stereocenters. The molecule has 0 aliphatic rings. The second kappa shape index (κ2) is 7.81. The maximum atomic E-state index is 13.3. The number of carbonyl (C=O) groups excluding carboxylic acids is 1. The van der Waals surface area contributed by atoms with Gasteiger partial charge in [-0.2, -0.15) is 18.3 Å². The summed E-state index contributed by atoms with van der Waals surface area (Å²) in [5, 5.41) is 4.61. The van der Waals surface area contributed by atoms with E-state index >= 15 is 0 Å². The lowest BCUT2D eigenvalue weighted by molar-refractivity contribution is -0.147. The number of nitrogens with zero attached hydrogens (tertiary/aromatic N) is 3. The molecule has 0 radical (unpaired) electrons. The third kappa shape index (κ3) is 4.28. The Morgan fingerprint density at radius 2 is 1.89 bits per heavy atom. The summed E-state index contributed by atoms with van der Waals surface area (Å²) in [6, 6.07) is 10.9. The van der Waals surface area contributed by atoms with Crippen LogP contribution in [0.1, 0.15) is 18.3 Å². The molecular weight excluding hydrogens is 416 g/mol. The van der Waals surface area contributed by atoms with Gasteiger partial charge in [0.25, 0.3) is 5.91 Å². The van der Waals surface area contributed by atoms with Gasteiger partial charge in [0.2, 0.25) is 5.82 Å². The van der Waals surface area contributed by atoms with Crippen LogP contribution in [0.5, 0.6) is 0 Å². The number of nitrogens with one attached hydrogen (secondary N) is 1. The van der Waals surface area contributed by atoms with E-state index in [9.17, 15) is 18.0 Å². The maximum absolute atomic E-state index is 13.3. The minimum atomic E-state index is -4.70. The molecule has 0 fully saturated rings. The molecule has 3 rings (SSSR count). The highest BCUT2D eigenvalue weighted by Gasteiger charge is 2.37. The predicted octanol–water partition coefficient (Wildman–Crippen LogP) is 4.90. The van der Waals surface area contributed by atoms with Crippen molar-refractivity contribution in [2.45, 2.75) is 19.6 Å². The predicted molar refractivity (Wildman–Crippen MR) is 102 cm³/mol. The second-order valence-electron chi connectivity index (χ2n) is 5.87. The van der Waals surface area contributed by atoms with Crippen LogP contribution in [-0.2, 0) is 17.5 Å². The molecular formula is C18H13Cl2F3N4O. The molecule has 0 bridgehead atoms. The summed E-state index contributed by atoms with van der Waals surface area (Å²) in [7, 11) is 0. The van der Waals surface area contributed by atoms with Gasteiger partial charge >= 0.3 is 6.18 Å². The third-order valence-corrected chi connectivity index (χ3v) is 4.63. The number of benzene rings is 2. The fourth-order valence-corrected chi connectivity index (χ4v) is 2.86. The summed E-state index contributed by atoms with van der Waals surface area (Å²) in [6.07, 6.45) is -4.70. The molecule has 0 saturated heterocycles. The Morgan fingerprint density at radius 3 is 2.57 bits per heavy atom. The van der Waals surface area contributed by atoms with Crippen molar-refractivity contribution in [1.29, 1.82) is 0 Å². The molecule has 1 heterocycles. The highest BCUT2D eigenvalue weighted by atomic mass is 35.5. The number of halogens is 5. The van der Waals surface area contributed by atoms with Crippen LogP contribution in [0, 0.1) is 0 Å². The van der Waals surface area contributed by atoms with Crippen molar-refractivity contribution < 1.29 is 18.0 Å². The monoisotopic (exact) mass is 428 g/mol. The Kier molecular flexibility index (Phi) is 5.62. The molecule has 1 N–H and O–H groups in total. The number of fused-ring (bicyclic) bond motifs is 1. The molecule has 28 heavy (non-hydrogen) atoms. The molecule has 2 aromatic carbocycles. The summed E-state index contributed by atoms with van der Waals surface area (Å²) in [5.74, 6) is -1.87. The Balaban J connectivity index is 1.82. The molecule has 3 aromatic rings. The minimum absolute atomic E-state index is 0.151. The van der Waals surface area contributed by atoms with Crippen molar-refractivity contribution in [3.8, 4) is 0 Å². The number of hydrazone groups is 1. The Labute approximate surface area is 167 Å². The normalized spacial score (nSPS) is 12.4. The fourth-order valence-electron chi connectivity index (χ4n) is 2.56. The van der Waals surface area contributed by atoms with E-state index in [4.69, 9.17) is 23.2 Å². The van der Waals surface area contributed by atoms with E-state index in [1.165, 1.54) is 12.1 Å².